The number of nitrogens with one attached hydrogen (secondary N) is 2. The van der Waals surface area contributed by atoms with Crippen LogP contribution in [0.25, 0.3) is 22.2 Å². The van der Waals surface area contributed by atoms with E-state index in [0.29, 0.717) is 51.3 Å². The average Bonchev–Trinajstić information content (AvgIpc) is 3.29. The summed E-state index contributed by atoms with van der Waals surface area (Å²) in [4.78, 5) is 12.9. The second-order valence-corrected chi connectivity index (χ2v) is 9.15. The first-order valence-electron chi connectivity index (χ1n) is 9.15. The molecule has 0 spiro atoms. The van der Waals surface area contributed by atoms with Gasteiger partial charge in [-0.05, 0) is 0 Å². The predicted octanol–water partition coefficient (Wildman–Crippen LogP) is 2.07. The van der Waals surface area contributed by atoms with E-state index in [1.807, 2.05) is 20.7 Å². The van der Waals surface area contributed by atoms with E-state index in [0.717, 1.165) is 22.2 Å². The number of hydrogen-bond donors (Lipinski definition) is 3. The Labute approximate surface area is 178 Å². The molecule has 0 radical (unpaired) electrons. The monoisotopic (exact) mass is 572 g/mol. The van der Waals surface area contributed by atoms with E-state index in [9.17, 15) is 14.3 Å². The summed E-state index contributed by atoms with van der Waals surface area (Å²) in [5.41, 5.74) is 2.41. The molecule has 1 saturated heterocycles. The van der Waals surface area contributed by atoms with Gasteiger partial charge in [0.25, 0.3) is 0 Å². The van der Waals surface area contributed by atoms with Crippen LogP contribution in [0.5, 0.6) is 0 Å². The van der Waals surface area contributed by atoms with E-state index in [1.54, 1.807) is 19.1 Å². The molecule has 2 atom stereocenters. The van der Waals surface area contributed by atoms with Gasteiger partial charge in [0.2, 0.25) is 0 Å². The first kappa shape index (κ1) is 19.5. The van der Waals surface area contributed by atoms with Crippen molar-refractivity contribution in [3.63, 3.8) is 0 Å². The van der Waals surface area contributed by atoms with E-state index in [2.05, 4.69) is 15.7 Å². The molecule has 2 unspecified atom stereocenters. The van der Waals surface area contributed by atoms with Gasteiger partial charge in [-0.15, -0.1) is 0 Å². The molecule has 6 nitrogen and oxygen atoms in total. The standard InChI is InChI=1S/C20H21FN4O2.Tl/c1-12(26)20(8-9-22-11-20)19(27)23-15-6-7-17-16(10-15)18(25-24-17)13-2-4-14(21)5-3-13;/h2-7,10,12,22,26H,8-9,11H2,1H3,(H2,23,24,25,27);/q;+1/p-1. The van der Waals surface area contributed by atoms with Crippen molar-refractivity contribution in [2.24, 2.45) is 5.41 Å². The van der Waals surface area contributed by atoms with Gasteiger partial charge in [-0.2, -0.15) is 0 Å². The van der Waals surface area contributed by atoms with Crippen molar-refractivity contribution in [3.05, 3.63) is 48.3 Å². The number of carbonyl (C=O) groups is 1. The molecular weight excluding hydrogens is 552 g/mol. The Kier molecular flexibility index (Phi) is 5.23. The Bertz CT molecular complexity index is 1030. The number of halogens is 1. The molecule has 1 aliphatic heterocycles. The van der Waals surface area contributed by atoms with Crippen molar-refractivity contribution in [1.82, 2.24) is 12.9 Å². The van der Waals surface area contributed by atoms with Gasteiger partial charge in [0.1, 0.15) is 0 Å². The summed E-state index contributed by atoms with van der Waals surface area (Å²) < 4.78 is 15.2. The topological polar surface area (TPSA) is 79.2 Å². The predicted molar refractivity (Wildman–Crippen MR) is 107 cm³/mol. The summed E-state index contributed by atoms with van der Waals surface area (Å²) in [7, 11) is 0. The SMILES string of the molecule is CC(O)C1(C(=O)Nc2ccc3c(c2)c(-c2ccc(F)cc2)n[n]3[Tl])CCNC1. The molecule has 1 fully saturated rings. The van der Waals surface area contributed by atoms with Crippen molar-refractivity contribution in [1.29, 1.82) is 0 Å². The van der Waals surface area contributed by atoms with Gasteiger partial charge in [-0.1, -0.05) is 0 Å². The first-order valence-corrected chi connectivity index (χ1v) is 11.2. The van der Waals surface area contributed by atoms with Crippen molar-refractivity contribution in [3.8, 4) is 11.3 Å². The fourth-order valence-corrected chi connectivity index (χ4v) is 5.07. The molecule has 0 saturated carbocycles. The summed E-state index contributed by atoms with van der Waals surface area (Å²) in [6, 6.07) is 11.9. The number of rotatable bonds is 4. The van der Waals surface area contributed by atoms with Crippen LogP contribution in [0.15, 0.2) is 42.5 Å². The molecule has 2 aromatic carbocycles. The van der Waals surface area contributed by atoms with Gasteiger partial charge in [-0.25, -0.2) is 0 Å². The zero-order chi connectivity index (χ0) is 19.9. The molecule has 4 rings (SSSR count). The molecule has 1 aromatic heterocycles. The van der Waals surface area contributed by atoms with Crippen LogP contribution in [0.1, 0.15) is 13.3 Å². The summed E-state index contributed by atoms with van der Waals surface area (Å²) >= 11 is 0.477. The van der Waals surface area contributed by atoms with Crippen LogP contribution in [0, 0.1) is 11.2 Å². The molecule has 1 amide bonds. The van der Waals surface area contributed by atoms with Gasteiger partial charge in [0.15, 0.2) is 0 Å². The van der Waals surface area contributed by atoms with Crippen molar-refractivity contribution in [2.75, 3.05) is 18.4 Å². The summed E-state index contributed by atoms with van der Waals surface area (Å²) in [5.74, 6) is -0.475. The molecule has 28 heavy (non-hydrogen) atoms. The Balaban J connectivity index is 1.70. The Morgan fingerprint density at radius 1 is 1.36 bits per heavy atom. The Hall–Kier alpha value is -1.85. The van der Waals surface area contributed by atoms with Crippen LogP contribution in [-0.4, -0.2) is 63.9 Å². The third kappa shape index (κ3) is 3.35. The number of aromatic nitrogens is 2. The van der Waals surface area contributed by atoms with E-state index >= 15 is 0 Å². The molecule has 8 heteroatoms. The Morgan fingerprint density at radius 2 is 2.11 bits per heavy atom. The zero-order valence-corrected chi connectivity index (χ0v) is 19.9. The molecule has 2 heterocycles. The number of hydrogen-bond acceptors (Lipinski definition) is 4. The number of anilines is 1. The van der Waals surface area contributed by atoms with Crippen molar-refractivity contribution < 1.29 is 14.3 Å². The number of nitrogens with zero attached hydrogens (tertiary/aromatic N) is 2. The van der Waals surface area contributed by atoms with Gasteiger partial charge < -0.3 is 0 Å². The molecule has 3 aromatic rings. The summed E-state index contributed by atoms with van der Waals surface area (Å²) in [5, 5.41) is 21.9. The molecule has 1 aliphatic rings. The fourth-order valence-electron chi connectivity index (χ4n) is 3.75. The minimum atomic E-state index is -0.821. The van der Waals surface area contributed by atoms with Crippen LogP contribution in [0.2, 0.25) is 0 Å². The van der Waals surface area contributed by atoms with Gasteiger partial charge in [-0.3, -0.25) is 0 Å². The number of benzene rings is 2. The first-order chi connectivity index (χ1) is 13.4. The molecule has 0 aliphatic carbocycles. The molecule has 0 bridgehead atoms. The van der Waals surface area contributed by atoms with Crippen LogP contribution in [-0.2, 0) is 4.79 Å². The van der Waals surface area contributed by atoms with Crippen molar-refractivity contribution >= 4 is 48.6 Å². The van der Waals surface area contributed by atoms with Crippen LogP contribution >= 0.6 is 0 Å². The quantitative estimate of drug-likeness (QED) is 0.419. The summed E-state index contributed by atoms with van der Waals surface area (Å²) in [6.07, 6.45) is -0.147. The zero-order valence-electron chi connectivity index (χ0n) is 15.4. The number of aliphatic hydroxyl groups is 1. The number of amides is 1. The maximum absolute atomic E-state index is 13.3. The van der Waals surface area contributed by atoms with Crippen LogP contribution in [0.3, 0.4) is 0 Å². The average molecular weight is 572 g/mol. The third-order valence-corrected chi connectivity index (χ3v) is 7.05. The van der Waals surface area contributed by atoms with Gasteiger partial charge >= 0.3 is 179 Å². The van der Waals surface area contributed by atoms with Gasteiger partial charge in [0, 0.05) is 0 Å². The Morgan fingerprint density at radius 3 is 2.75 bits per heavy atom. The van der Waals surface area contributed by atoms with Crippen molar-refractivity contribution in [2.45, 2.75) is 19.4 Å². The minimum absolute atomic E-state index is 0.185. The summed E-state index contributed by atoms with van der Waals surface area (Å²) in [6.45, 7) is 2.83. The number of carbonyl (C=O) groups excluding carboxylic acids is 1. The number of fused-ring (bicyclic) bond motifs is 1. The maximum atomic E-state index is 13.3. The molecule has 142 valence electrons. The normalized spacial score (nSPS) is 20.4. The van der Waals surface area contributed by atoms with E-state index in [-0.39, 0.29) is 11.7 Å². The van der Waals surface area contributed by atoms with Crippen LogP contribution in [0.4, 0.5) is 10.1 Å². The second-order valence-electron chi connectivity index (χ2n) is 7.25. The van der Waals surface area contributed by atoms with Crippen LogP contribution < -0.4 is 10.6 Å². The fraction of sp³-hybridized carbons (Fsp3) is 0.300. The van der Waals surface area contributed by atoms with E-state index in [4.69, 9.17) is 0 Å². The van der Waals surface area contributed by atoms with Gasteiger partial charge in [0.05, 0.1) is 0 Å². The van der Waals surface area contributed by atoms with E-state index < -0.39 is 11.5 Å². The second kappa shape index (κ2) is 7.53. The third-order valence-electron chi connectivity index (χ3n) is 5.52. The molecular formula is C20H20FN4O2Tl. The number of aliphatic hydroxyl groups excluding tert-OH is 1. The van der Waals surface area contributed by atoms with E-state index in [1.165, 1.54) is 12.1 Å². The molecule has 3 N–H and O–H groups in total.